The largest absolute Gasteiger partial charge is 0.356 e. The third kappa shape index (κ3) is 5.59. The van der Waals surface area contributed by atoms with Crippen molar-refractivity contribution in [3.8, 4) is 0 Å². The number of thioether (sulfide) groups is 1. The Labute approximate surface area is 199 Å². The number of aryl methyl sites for hydroxylation is 1. The van der Waals surface area contributed by atoms with Crippen molar-refractivity contribution < 1.29 is 18.0 Å². The average Bonchev–Trinajstić information content (AvgIpc) is 2.83. The van der Waals surface area contributed by atoms with Gasteiger partial charge in [-0.25, -0.2) is 8.42 Å². The molecular weight excluding hydrogens is 458 g/mol. The van der Waals surface area contributed by atoms with Crippen LogP contribution in [0.15, 0.2) is 58.3 Å². The topological polar surface area (TPSA) is 95.6 Å². The van der Waals surface area contributed by atoms with E-state index in [1.165, 1.54) is 27.7 Å². The molecule has 9 heteroatoms. The van der Waals surface area contributed by atoms with Crippen LogP contribution in [0.5, 0.6) is 0 Å². The highest BCUT2D eigenvalue weighted by molar-refractivity contribution is 8.01. The van der Waals surface area contributed by atoms with Crippen LogP contribution in [0.1, 0.15) is 31.7 Å². The van der Waals surface area contributed by atoms with Crippen LogP contribution in [0.3, 0.4) is 0 Å². The lowest BCUT2D eigenvalue weighted by atomic mass is 9.97. The molecule has 0 aromatic heterocycles. The van der Waals surface area contributed by atoms with E-state index in [9.17, 15) is 18.0 Å². The van der Waals surface area contributed by atoms with Gasteiger partial charge in [0.05, 0.1) is 15.8 Å². The minimum atomic E-state index is -3.69. The van der Waals surface area contributed by atoms with Crippen molar-refractivity contribution in [1.82, 2.24) is 9.62 Å². The third-order valence-corrected chi connectivity index (χ3v) is 9.20. The van der Waals surface area contributed by atoms with E-state index in [-0.39, 0.29) is 27.9 Å². The van der Waals surface area contributed by atoms with Crippen molar-refractivity contribution in [1.29, 1.82) is 0 Å². The second kappa shape index (κ2) is 10.3. The third-order valence-electron chi connectivity index (χ3n) is 6.13. The molecule has 1 saturated heterocycles. The van der Waals surface area contributed by atoms with E-state index in [1.807, 2.05) is 25.1 Å². The predicted molar refractivity (Wildman–Crippen MR) is 130 cm³/mol. The molecule has 0 unspecified atom stereocenters. The lowest BCUT2D eigenvalue weighted by Crippen LogP contribution is -2.43. The van der Waals surface area contributed by atoms with E-state index < -0.39 is 10.0 Å². The van der Waals surface area contributed by atoms with Crippen molar-refractivity contribution in [2.24, 2.45) is 5.92 Å². The van der Waals surface area contributed by atoms with Gasteiger partial charge in [0.2, 0.25) is 21.8 Å². The van der Waals surface area contributed by atoms with Gasteiger partial charge in [-0.15, -0.1) is 11.8 Å². The Balaban J connectivity index is 1.28. The molecule has 2 aromatic rings. The lowest BCUT2D eigenvalue weighted by molar-refractivity contribution is -0.126. The molecule has 176 valence electrons. The van der Waals surface area contributed by atoms with Crippen molar-refractivity contribution >= 4 is 39.3 Å². The molecule has 7 nitrogen and oxygen atoms in total. The molecule has 2 amide bonds. The van der Waals surface area contributed by atoms with Crippen molar-refractivity contribution in [3.05, 3.63) is 54.1 Å². The monoisotopic (exact) mass is 487 g/mol. The fourth-order valence-corrected chi connectivity index (χ4v) is 6.58. The van der Waals surface area contributed by atoms with Gasteiger partial charge in [0, 0.05) is 30.4 Å². The standard InChI is InChI=1S/C24H29N3O4S2/c1-17-23(28)26-21-16-20(9-10-22(21)32-17)33(30,31)27-14-11-19(12-15-27)24(29)25-13-5-8-18-6-3-2-4-7-18/h2-4,6-7,9-10,16-17,19H,5,8,11-15H2,1H3,(H,25,29)(H,26,28)/t17-/m1/s1. The second-order valence-corrected chi connectivity index (χ2v) is 11.8. The zero-order chi connectivity index (χ0) is 23.4. The van der Waals surface area contributed by atoms with Gasteiger partial charge in [0.1, 0.15) is 0 Å². The van der Waals surface area contributed by atoms with Gasteiger partial charge in [-0.05, 0) is 56.4 Å². The predicted octanol–water partition coefficient (Wildman–Crippen LogP) is 3.27. The Kier molecular flexibility index (Phi) is 7.41. The highest BCUT2D eigenvalue weighted by Gasteiger charge is 2.33. The first-order valence-corrected chi connectivity index (χ1v) is 13.6. The molecule has 2 aromatic carbocycles. The molecule has 0 bridgehead atoms. The number of carbonyl (C=O) groups is 2. The van der Waals surface area contributed by atoms with Gasteiger partial charge in [-0.3, -0.25) is 9.59 Å². The molecule has 0 aliphatic carbocycles. The number of benzene rings is 2. The molecule has 2 heterocycles. The molecule has 1 fully saturated rings. The zero-order valence-electron chi connectivity index (χ0n) is 18.6. The SMILES string of the molecule is C[C@H]1Sc2ccc(S(=O)(=O)N3CCC(C(=O)NCCCc4ccccc4)CC3)cc2NC1=O. The number of sulfonamides is 1. The number of rotatable bonds is 7. The van der Waals surface area contributed by atoms with Crippen LogP contribution in [-0.4, -0.2) is 49.4 Å². The fourth-order valence-electron chi connectivity index (χ4n) is 4.15. The van der Waals surface area contributed by atoms with Gasteiger partial charge in [-0.2, -0.15) is 4.31 Å². The van der Waals surface area contributed by atoms with Gasteiger partial charge in [0.25, 0.3) is 0 Å². The molecule has 0 radical (unpaired) electrons. The number of anilines is 1. The van der Waals surface area contributed by atoms with Crippen LogP contribution in [0.2, 0.25) is 0 Å². The summed E-state index contributed by atoms with van der Waals surface area (Å²) < 4.78 is 27.7. The quantitative estimate of drug-likeness (QED) is 0.585. The summed E-state index contributed by atoms with van der Waals surface area (Å²) in [6.45, 7) is 3.04. The average molecular weight is 488 g/mol. The Bertz CT molecular complexity index is 1110. The number of amides is 2. The van der Waals surface area contributed by atoms with E-state index in [2.05, 4.69) is 22.8 Å². The summed E-state index contributed by atoms with van der Waals surface area (Å²) in [6.07, 6.45) is 2.78. The van der Waals surface area contributed by atoms with Crippen molar-refractivity contribution in [2.75, 3.05) is 25.0 Å². The van der Waals surface area contributed by atoms with E-state index in [0.717, 1.165) is 17.7 Å². The van der Waals surface area contributed by atoms with Crippen LogP contribution in [0, 0.1) is 5.92 Å². The summed E-state index contributed by atoms with van der Waals surface area (Å²) >= 11 is 1.42. The Morgan fingerprint density at radius 3 is 2.61 bits per heavy atom. The first-order valence-electron chi connectivity index (χ1n) is 11.3. The number of hydrogen-bond donors (Lipinski definition) is 2. The smallest absolute Gasteiger partial charge is 0.243 e. The van der Waals surface area contributed by atoms with E-state index in [4.69, 9.17) is 0 Å². The molecular formula is C24H29N3O4S2. The van der Waals surface area contributed by atoms with Crippen LogP contribution in [0.4, 0.5) is 5.69 Å². The normalized spacial score (nSPS) is 19.5. The Hall–Kier alpha value is -2.36. The maximum Gasteiger partial charge on any atom is 0.243 e. The van der Waals surface area contributed by atoms with Crippen LogP contribution >= 0.6 is 11.8 Å². The van der Waals surface area contributed by atoms with Crippen LogP contribution in [-0.2, 0) is 26.0 Å². The highest BCUT2D eigenvalue weighted by atomic mass is 32.2. The molecule has 1 atom stereocenters. The number of nitrogens with one attached hydrogen (secondary N) is 2. The first kappa shape index (κ1) is 23.8. The molecule has 2 aliphatic rings. The Morgan fingerprint density at radius 2 is 1.88 bits per heavy atom. The zero-order valence-corrected chi connectivity index (χ0v) is 20.3. The van der Waals surface area contributed by atoms with Crippen LogP contribution < -0.4 is 10.6 Å². The number of fused-ring (bicyclic) bond motifs is 1. The summed E-state index contributed by atoms with van der Waals surface area (Å²) in [5, 5.41) is 5.58. The maximum absolute atomic E-state index is 13.1. The summed E-state index contributed by atoms with van der Waals surface area (Å²) in [5.74, 6) is -0.297. The van der Waals surface area contributed by atoms with E-state index in [1.54, 1.807) is 12.1 Å². The Morgan fingerprint density at radius 1 is 1.15 bits per heavy atom. The number of piperidine rings is 1. The van der Waals surface area contributed by atoms with E-state index >= 15 is 0 Å². The molecule has 4 rings (SSSR count). The highest BCUT2D eigenvalue weighted by Crippen LogP contribution is 2.37. The van der Waals surface area contributed by atoms with Crippen molar-refractivity contribution in [2.45, 2.75) is 47.6 Å². The number of carbonyl (C=O) groups excluding carboxylic acids is 2. The molecule has 0 saturated carbocycles. The minimum absolute atomic E-state index is 0.00254. The minimum Gasteiger partial charge on any atom is -0.356 e. The summed E-state index contributed by atoms with van der Waals surface area (Å²) in [5.41, 5.74) is 1.79. The van der Waals surface area contributed by atoms with Gasteiger partial charge < -0.3 is 10.6 Å². The first-order chi connectivity index (χ1) is 15.8. The number of hydrogen-bond acceptors (Lipinski definition) is 5. The van der Waals surface area contributed by atoms with Crippen LogP contribution in [0.25, 0.3) is 0 Å². The van der Waals surface area contributed by atoms with Gasteiger partial charge in [0.15, 0.2) is 0 Å². The molecule has 0 spiro atoms. The lowest BCUT2D eigenvalue weighted by Gasteiger charge is -2.31. The number of nitrogens with zero attached hydrogens (tertiary/aromatic N) is 1. The second-order valence-electron chi connectivity index (χ2n) is 8.47. The van der Waals surface area contributed by atoms with Gasteiger partial charge >= 0.3 is 0 Å². The van der Waals surface area contributed by atoms with E-state index in [0.29, 0.717) is 38.2 Å². The summed E-state index contributed by atoms with van der Waals surface area (Å²) in [6, 6.07) is 15.0. The van der Waals surface area contributed by atoms with Crippen molar-refractivity contribution in [3.63, 3.8) is 0 Å². The molecule has 33 heavy (non-hydrogen) atoms. The fraction of sp³-hybridized carbons (Fsp3) is 0.417. The summed E-state index contributed by atoms with van der Waals surface area (Å²) in [7, 11) is -3.69. The molecule has 2 N–H and O–H groups in total. The summed E-state index contributed by atoms with van der Waals surface area (Å²) in [4.78, 5) is 25.5. The molecule has 2 aliphatic heterocycles. The maximum atomic E-state index is 13.1. The van der Waals surface area contributed by atoms with Gasteiger partial charge in [-0.1, -0.05) is 30.3 Å².